The van der Waals surface area contributed by atoms with E-state index < -0.39 is 28.5 Å². The minimum atomic E-state index is -4.15. The topological polar surface area (TPSA) is 96.0 Å². The molecule has 2 atom stereocenters. The Morgan fingerprint density at radius 2 is 1.55 bits per heavy atom. The first-order chi connectivity index (χ1) is 20.1. The van der Waals surface area contributed by atoms with E-state index in [0.717, 1.165) is 21.2 Å². The number of sulfonamides is 1. The molecule has 0 aromatic heterocycles. The predicted molar refractivity (Wildman–Crippen MR) is 169 cm³/mol. The van der Waals surface area contributed by atoms with E-state index in [0.29, 0.717) is 24.5 Å². The number of nitrogens with zero attached hydrogens (tertiary/aromatic N) is 2. The summed E-state index contributed by atoms with van der Waals surface area (Å²) >= 11 is 1.51. The van der Waals surface area contributed by atoms with Gasteiger partial charge in [-0.2, -0.15) is 0 Å². The van der Waals surface area contributed by atoms with Crippen molar-refractivity contribution in [3.63, 3.8) is 0 Å². The summed E-state index contributed by atoms with van der Waals surface area (Å²) in [6, 6.07) is 21.7. The molecule has 0 saturated heterocycles. The number of amides is 2. The van der Waals surface area contributed by atoms with Crippen LogP contribution in [0.4, 0.5) is 5.69 Å². The number of carbonyl (C=O) groups excluding carboxylic acids is 2. The van der Waals surface area contributed by atoms with E-state index in [9.17, 15) is 18.0 Å². The minimum absolute atomic E-state index is 0.0646. The van der Waals surface area contributed by atoms with Gasteiger partial charge in [-0.15, -0.1) is 11.8 Å². The number of nitrogens with one attached hydrogen (secondary N) is 1. The highest BCUT2D eigenvalue weighted by Crippen LogP contribution is 2.28. The molecule has 8 nitrogen and oxygen atoms in total. The quantitative estimate of drug-likeness (QED) is 0.221. The SMILES string of the molecule is CCOc1ccc(N(CC(=O)N(Cc2ccccc2)[C@H](CC)C(=O)N[C@@H](C)CC)S(=O)(=O)c2ccc(SC)cc2)cc1. The van der Waals surface area contributed by atoms with Crippen molar-refractivity contribution in [2.45, 2.75) is 69.0 Å². The fraction of sp³-hybridized carbons (Fsp3) is 0.375. The van der Waals surface area contributed by atoms with Gasteiger partial charge in [0.05, 0.1) is 17.2 Å². The molecule has 0 unspecified atom stereocenters. The maximum atomic E-state index is 14.2. The fourth-order valence-electron chi connectivity index (χ4n) is 4.42. The van der Waals surface area contributed by atoms with E-state index in [1.807, 2.05) is 64.3 Å². The van der Waals surface area contributed by atoms with E-state index in [4.69, 9.17) is 4.74 Å². The summed E-state index contributed by atoms with van der Waals surface area (Å²) in [5, 5.41) is 2.99. The van der Waals surface area contributed by atoms with E-state index in [2.05, 4.69) is 5.32 Å². The number of ether oxygens (including phenoxy) is 1. The number of benzene rings is 3. The zero-order valence-corrected chi connectivity index (χ0v) is 26.6. The first-order valence-electron chi connectivity index (χ1n) is 14.2. The number of hydrogen-bond acceptors (Lipinski definition) is 6. The van der Waals surface area contributed by atoms with E-state index >= 15 is 0 Å². The molecular formula is C32H41N3O5S2. The second-order valence-electron chi connectivity index (χ2n) is 9.86. The maximum Gasteiger partial charge on any atom is 0.264 e. The standard InChI is InChI=1S/C32H41N3O5S2/c1-6-24(4)33-32(37)30(7-2)34(22-25-12-10-9-11-13-25)31(36)23-35(26-14-16-27(17-15-26)40-8-3)42(38,39)29-20-18-28(41-5)19-21-29/h9-21,24,30H,6-8,22-23H2,1-5H3,(H,33,37)/t24-,30+/m0/s1. The lowest BCUT2D eigenvalue weighted by Gasteiger charge is -2.33. The highest BCUT2D eigenvalue weighted by atomic mass is 32.2. The molecule has 1 N–H and O–H groups in total. The van der Waals surface area contributed by atoms with Crippen LogP contribution in [0.1, 0.15) is 46.1 Å². The maximum absolute atomic E-state index is 14.2. The van der Waals surface area contributed by atoms with Crippen molar-refractivity contribution in [1.82, 2.24) is 10.2 Å². The number of carbonyl (C=O) groups is 2. The number of hydrogen-bond donors (Lipinski definition) is 1. The van der Waals surface area contributed by atoms with Crippen LogP contribution < -0.4 is 14.4 Å². The minimum Gasteiger partial charge on any atom is -0.494 e. The smallest absolute Gasteiger partial charge is 0.264 e. The molecule has 0 bridgehead atoms. The van der Waals surface area contributed by atoms with Crippen molar-refractivity contribution in [1.29, 1.82) is 0 Å². The van der Waals surface area contributed by atoms with Gasteiger partial charge in [-0.05, 0) is 87.0 Å². The van der Waals surface area contributed by atoms with Gasteiger partial charge in [-0.3, -0.25) is 13.9 Å². The van der Waals surface area contributed by atoms with Gasteiger partial charge in [0.1, 0.15) is 18.3 Å². The Morgan fingerprint density at radius 3 is 2.10 bits per heavy atom. The van der Waals surface area contributed by atoms with E-state index in [1.165, 1.54) is 16.7 Å². The molecule has 2 amide bonds. The molecule has 0 radical (unpaired) electrons. The molecule has 0 heterocycles. The van der Waals surface area contributed by atoms with Crippen molar-refractivity contribution in [2.24, 2.45) is 0 Å². The summed E-state index contributed by atoms with van der Waals surface area (Å²) < 4.78 is 34.8. The average molecular weight is 612 g/mol. The van der Waals surface area contributed by atoms with Gasteiger partial charge >= 0.3 is 0 Å². The van der Waals surface area contributed by atoms with Crippen LogP contribution in [-0.4, -0.2) is 56.6 Å². The van der Waals surface area contributed by atoms with Crippen LogP contribution in [0, 0.1) is 0 Å². The molecule has 226 valence electrons. The Balaban J connectivity index is 2.05. The lowest BCUT2D eigenvalue weighted by atomic mass is 10.1. The summed E-state index contributed by atoms with van der Waals surface area (Å²) in [4.78, 5) is 30.0. The van der Waals surface area contributed by atoms with Crippen molar-refractivity contribution in [3.05, 3.63) is 84.4 Å². The van der Waals surface area contributed by atoms with E-state index in [-0.39, 0.29) is 23.4 Å². The van der Waals surface area contributed by atoms with Gasteiger partial charge in [0.2, 0.25) is 11.8 Å². The summed E-state index contributed by atoms with van der Waals surface area (Å²) in [6.45, 7) is 7.74. The number of thioether (sulfide) groups is 1. The molecule has 0 fully saturated rings. The molecule has 0 saturated carbocycles. The van der Waals surface area contributed by atoms with Crippen LogP contribution in [0.25, 0.3) is 0 Å². The normalized spacial score (nSPS) is 12.7. The van der Waals surface area contributed by atoms with Crippen LogP contribution in [0.5, 0.6) is 5.75 Å². The predicted octanol–water partition coefficient (Wildman–Crippen LogP) is 5.72. The number of anilines is 1. The average Bonchev–Trinajstić information content (AvgIpc) is 3.00. The first kappa shape index (κ1) is 33.0. The van der Waals surface area contributed by atoms with Crippen molar-refractivity contribution >= 4 is 39.3 Å². The van der Waals surface area contributed by atoms with Crippen LogP contribution in [0.2, 0.25) is 0 Å². The van der Waals surface area contributed by atoms with Gasteiger partial charge in [0, 0.05) is 17.5 Å². The molecule has 0 aliphatic carbocycles. The second kappa shape index (κ2) is 15.7. The van der Waals surface area contributed by atoms with Crippen LogP contribution in [0.15, 0.2) is 88.7 Å². The Hall–Kier alpha value is -3.50. The van der Waals surface area contributed by atoms with Crippen molar-refractivity contribution in [3.8, 4) is 5.75 Å². The molecular weight excluding hydrogens is 571 g/mol. The molecule has 3 rings (SSSR count). The Morgan fingerprint density at radius 1 is 0.905 bits per heavy atom. The third kappa shape index (κ3) is 8.51. The molecule has 0 aliphatic rings. The fourth-order valence-corrected chi connectivity index (χ4v) is 6.24. The second-order valence-corrected chi connectivity index (χ2v) is 12.6. The first-order valence-corrected chi connectivity index (χ1v) is 16.8. The summed E-state index contributed by atoms with van der Waals surface area (Å²) in [5.41, 5.74) is 1.15. The van der Waals surface area contributed by atoms with Crippen molar-refractivity contribution in [2.75, 3.05) is 23.7 Å². The molecule has 0 spiro atoms. The summed E-state index contributed by atoms with van der Waals surface area (Å²) in [6.07, 6.45) is 3.03. The van der Waals surface area contributed by atoms with Crippen LogP contribution in [-0.2, 0) is 26.2 Å². The lowest BCUT2D eigenvalue weighted by Crippen LogP contribution is -2.53. The molecule has 3 aromatic rings. The molecule has 42 heavy (non-hydrogen) atoms. The Kier molecular flexibility index (Phi) is 12.3. The highest BCUT2D eigenvalue weighted by Gasteiger charge is 2.34. The lowest BCUT2D eigenvalue weighted by molar-refractivity contribution is -0.140. The van der Waals surface area contributed by atoms with Gasteiger partial charge in [-0.25, -0.2) is 8.42 Å². The Labute approximate surface area is 254 Å². The van der Waals surface area contributed by atoms with Gasteiger partial charge in [0.15, 0.2) is 0 Å². The summed E-state index contributed by atoms with van der Waals surface area (Å²) in [5.74, 6) is -0.157. The van der Waals surface area contributed by atoms with Gasteiger partial charge in [0.25, 0.3) is 10.0 Å². The van der Waals surface area contributed by atoms with Gasteiger partial charge < -0.3 is 15.0 Å². The third-order valence-electron chi connectivity index (χ3n) is 6.94. The van der Waals surface area contributed by atoms with Crippen LogP contribution >= 0.6 is 11.8 Å². The molecule has 0 aliphatic heterocycles. The van der Waals surface area contributed by atoms with Crippen molar-refractivity contribution < 1.29 is 22.7 Å². The van der Waals surface area contributed by atoms with E-state index in [1.54, 1.807) is 48.5 Å². The monoisotopic (exact) mass is 611 g/mol. The Bertz CT molecular complexity index is 1400. The molecule has 3 aromatic carbocycles. The highest BCUT2D eigenvalue weighted by molar-refractivity contribution is 7.98. The summed E-state index contributed by atoms with van der Waals surface area (Å²) in [7, 11) is -4.15. The largest absolute Gasteiger partial charge is 0.494 e. The molecule has 10 heteroatoms. The van der Waals surface area contributed by atoms with Gasteiger partial charge in [-0.1, -0.05) is 44.2 Å². The number of rotatable bonds is 15. The zero-order valence-electron chi connectivity index (χ0n) is 24.9. The zero-order chi connectivity index (χ0) is 30.7. The third-order valence-corrected chi connectivity index (χ3v) is 9.48. The van der Waals surface area contributed by atoms with Crippen LogP contribution in [0.3, 0.4) is 0 Å².